The van der Waals surface area contributed by atoms with E-state index >= 15 is 0 Å². The van der Waals surface area contributed by atoms with Crippen LogP contribution >= 0.6 is 0 Å². The van der Waals surface area contributed by atoms with Crippen LogP contribution in [-0.2, 0) is 0 Å². The Morgan fingerprint density at radius 2 is 1.55 bits per heavy atom. The van der Waals surface area contributed by atoms with Crippen LogP contribution in [0.15, 0.2) is 11.3 Å². The standard InChI is InChI=1S/C21H39N/c1-3-5-13-19-15-10-8-6-7-9-14-18(12-4-2)20-16-11-17-22-21(19)20/h18-19,22H,3-17H2,1-2H3. The van der Waals surface area contributed by atoms with E-state index in [0.717, 1.165) is 11.8 Å². The van der Waals surface area contributed by atoms with Crippen LogP contribution < -0.4 is 5.32 Å². The third kappa shape index (κ3) is 5.32. The summed E-state index contributed by atoms with van der Waals surface area (Å²) >= 11 is 0. The van der Waals surface area contributed by atoms with Gasteiger partial charge < -0.3 is 5.32 Å². The molecule has 0 amide bonds. The molecule has 0 aromatic rings. The molecular weight excluding hydrogens is 266 g/mol. The first-order valence-electron chi connectivity index (χ1n) is 10.3. The Hall–Kier alpha value is -0.460. The number of hydrogen-bond donors (Lipinski definition) is 1. The molecule has 2 aliphatic rings. The SMILES string of the molecule is CCCCC1CCCCCCCC(CCC)C2=C1NCCC2. The molecule has 1 heterocycles. The van der Waals surface area contributed by atoms with Gasteiger partial charge in [-0.1, -0.05) is 65.2 Å². The van der Waals surface area contributed by atoms with Gasteiger partial charge in [0.05, 0.1) is 0 Å². The Labute approximate surface area is 139 Å². The third-order valence-electron chi connectivity index (χ3n) is 5.83. The molecular formula is C21H39N. The summed E-state index contributed by atoms with van der Waals surface area (Å²) < 4.78 is 0. The molecule has 0 saturated heterocycles. The molecule has 0 aromatic heterocycles. The van der Waals surface area contributed by atoms with Gasteiger partial charge in [-0.15, -0.1) is 0 Å². The van der Waals surface area contributed by atoms with E-state index in [1.165, 1.54) is 96.4 Å². The topological polar surface area (TPSA) is 12.0 Å². The smallest absolute Gasteiger partial charge is 0.0147 e. The number of hydrogen-bond acceptors (Lipinski definition) is 1. The van der Waals surface area contributed by atoms with E-state index in [0.29, 0.717) is 0 Å². The van der Waals surface area contributed by atoms with E-state index in [4.69, 9.17) is 0 Å². The molecule has 0 radical (unpaired) electrons. The molecule has 1 aliphatic carbocycles. The van der Waals surface area contributed by atoms with Gasteiger partial charge in [-0.25, -0.2) is 0 Å². The number of allylic oxidation sites excluding steroid dienone is 2. The Morgan fingerprint density at radius 3 is 2.27 bits per heavy atom. The Balaban J connectivity index is 2.21. The first-order valence-corrected chi connectivity index (χ1v) is 10.3. The van der Waals surface area contributed by atoms with Crippen molar-refractivity contribution in [3.63, 3.8) is 0 Å². The van der Waals surface area contributed by atoms with Crippen LogP contribution in [0.1, 0.15) is 104 Å². The summed E-state index contributed by atoms with van der Waals surface area (Å²) in [5, 5.41) is 3.88. The molecule has 2 unspecified atom stereocenters. The normalized spacial score (nSPS) is 27.7. The quantitative estimate of drug-likeness (QED) is 0.604. The number of unbranched alkanes of at least 4 members (excludes halogenated alkanes) is 1. The van der Waals surface area contributed by atoms with Gasteiger partial charge in [0.15, 0.2) is 0 Å². The van der Waals surface area contributed by atoms with Crippen LogP contribution in [0.3, 0.4) is 0 Å². The van der Waals surface area contributed by atoms with E-state index in [1.54, 1.807) is 5.70 Å². The molecule has 0 bridgehead atoms. The van der Waals surface area contributed by atoms with Crippen molar-refractivity contribution in [2.45, 2.75) is 104 Å². The second-order valence-electron chi connectivity index (χ2n) is 7.64. The van der Waals surface area contributed by atoms with Gasteiger partial charge >= 0.3 is 0 Å². The van der Waals surface area contributed by atoms with Crippen LogP contribution in [0.4, 0.5) is 0 Å². The zero-order valence-corrected chi connectivity index (χ0v) is 15.3. The average Bonchev–Trinajstić information content (AvgIpc) is 2.58. The average molecular weight is 306 g/mol. The molecule has 1 aliphatic heterocycles. The minimum absolute atomic E-state index is 0.840. The maximum atomic E-state index is 3.88. The van der Waals surface area contributed by atoms with Crippen LogP contribution in [0, 0.1) is 11.8 Å². The summed E-state index contributed by atoms with van der Waals surface area (Å²) in [6.45, 7) is 5.94. The van der Waals surface area contributed by atoms with Gasteiger partial charge in [0.1, 0.15) is 0 Å². The predicted molar refractivity (Wildman–Crippen MR) is 98.0 cm³/mol. The maximum absolute atomic E-state index is 3.88. The van der Waals surface area contributed by atoms with Crippen molar-refractivity contribution in [3.05, 3.63) is 11.3 Å². The lowest BCUT2D eigenvalue weighted by Gasteiger charge is -2.33. The lowest BCUT2D eigenvalue weighted by Crippen LogP contribution is -2.30. The van der Waals surface area contributed by atoms with Crippen LogP contribution in [0.25, 0.3) is 0 Å². The highest BCUT2D eigenvalue weighted by atomic mass is 14.9. The van der Waals surface area contributed by atoms with Crippen LogP contribution in [-0.4, -0.2) is 6.54 Å². The highest BCUT2D eigenvalue weighted by Crippen LogP contribution is 2.37. The van der Waals surface area contributed by atoms with Crippen LogP contribution in [0.5, 0.6) is 0 Å². The minimum Gasteiger partial charge on any atom is -0.388 e. The van der Waals surface area contributed by atoms with Crippen molar-refractivity contribution in [3.8, 4) is 0 Å². The van der Waals surface area contributed by atoms with Crippen molar-refractivity contribution in [1.82, 2.24) is 5.32 Å². The largest absolute Gasteiger partial charge is 0.388 e. The predicted octanol–water partition coefficient (Wildman–Crippen LogP) is 6.59. The van der Waals surface area contributed by atoms with Crippen molar-refractivity contribution in [1.29, 1.82) is 0 Å². The van der Waals surface area contributed by atoms with Gasteiger partial charge in [-0.05, 0) is 55.9 Å². The first kappa shape index (κ1) is 17.9. The van der Waals surface area contributed by atoms with E-state index in [1.807, 2.05) is 5.57 Å². The number of rotatable bonds is 5. The maximum Gasteiger partial charge on any atom is 0.0147 e. The molecule has 2 atom stereocenters. The highest BCUT2D eigenvalue weighted by molar-refractivity contribution is 5.21. The zero-order chi connectivity index (χ0) is 15.6. The summed E-state index contributed by atoms with van der Waals surface area (Å²) in [5.41, 5.74) is 3.58. The van der Waals surface area contributed by atoms with Crippen molar-refractivity contribution >= 4 is 0 Å². The summed E-state index contributed by atoms with van der Waals surface area (Å²) in [6, 6.07) is 0. The monoisotopic (exact) mass is 305 g/mol. The Bertz CT molecular complexity index is 331. The van der Waals surface area contributed by atoms with Gasteiger partial charge in [0.25, 0.3) is 0 Å². The Morgan fingerprint density at radius 1 is 0.818 bits per heavy atom. The zero-order valence-electron chi connectivity index (χ0n) is 15.3. The molecule has 1 N–H and O–H groups in total. The second kappa shape index (κ2) is 10.3. The molecule has 1 nitrogen and oxygen atoms in total. The van der Waals surface area contributed by atoms with Crippen LogP contribution in [0.2, 0.25) is 0 Å². The molecule has 0 spiro atoms. The lowest BCUT2D eigenvalue weighted by atomic mass is 9.80. The van der Waals surface area contributed by atoms with Gasteiger partial charge in [0.2, 0.25) is 0 Å². The lowest BCUT2D eigenvalue weighted by molar-refractivity contribution is 0.403. The van der Waals surface area contributed by atoms with E-state index in [2.05, 4.69) is 19.2 Å². The first-order chi connectivity index (χ1) is 10.9. The minimum atomic E-state index is 0.840. The van der Waals surface area contributed by atoms with E-state index < -0.39 is 0 Å². The van der Waals surface area contributed by atoms with Gasteiger partial charge in [-0.2, -0.15) is 0 Å². The fraction of sp³-hybridized carbons (Fsp3) is 0.905. The van der Waals surface area contributed by atoms with Crippen molar-refractivity contribution in [2.75, 3.05) is 6.54 Å². The molecule has 128 valence electrons. The molecule has 0 fully saturated rings. The molecule has 22 heavy (non-hydrogen) atoms. The summed E-state index contributed by atoms with van der Waals surface area (Å²) in [4.78, 5) is 0. The number of nitrogens with one attached hydrogen (secondary N) is 1. The summed E-state index contributed by atoms with van der Waals surface area (Å²) in [7, 11) is 0. The fourth-order valence-electron chi connectivity index (χ4n) is 4.62. The molecule has 0 saturated carbocycles. The second-order valence-corrected chi connectivity index (χ2v) is 7.64. The highest BCUT2D eigenvalue weighted by Gasteiger charge is 2.25. The summed E-state index contributed by atoms with van der Waals surface area (Å²) in [6.07, 6.45) is 19.9. The Kier molecular flexibility index (Phi) is 8.41. The van der Waals surface area contributed by atoms with Gasteiger partial charge in [-0.3, -0.25) is 0 Å². The molecule has 0 aromatic carbocycles. The van der Waals surface area contributed by atoms with E-state index in [9.17, 15) is 0 Å². The molecule has 1 heteroatoms. The third-order valence-corrected chi connectivity index (χ3v) is 5.83. The molecule has 2 rings (SSSR count). The van der Waals surface area contributed by atoms with Crippen molar-refractivity contribution < 1.29 is 0 Å². The van der Waals surface area contributed by atoms with Gasteiger partial charge in [0, 0.05) is 12.2 Å². The van der Waals surface area contributed by atoms with E-state index in [-0.39, 0.29) is 0 Å². The fourth-order valence-corrected chi connectivity index (χ4v) is 4.62. The van der Waals surface area contributed by atoms with Crippen molar-refractivity contribution in [2.24, 2.45) is 11.8 Å². The summed E-state index contributed by atoms with van der Waals surface area (Å²) in [5.74, 6) is 1.72.